The molecule has 3 nitrogen and oxygen atoms in total. The third-order valence-electron chi connectivity index (χ3n) is 2.51. The SMILES string of the molecule is S=C(N[NH+]=Cc1c(Cl)ccc(Cl)c1Cl)Nc1ccccc1. The molecule has 108 valence electrons. The normalized spacial score (nSPS) is 10.6. The zero-order valence-corrected chi connectivity index (χ0v) is 13.7. The highest BCUT2D eigenvalue weighted by atomic mass is 35.5. The third kappa shape index (κ3) is 4.58. The smallest absolute Gasteiger partial charge is 0.228 e. The number of benzene rings is 2. The van der Waals surface area contributed by atoms with Crippen LogP contribution in [-0.4, -0.2) is 11.3 Å². The average molecular weight is 360 g/mol. The van der Waals surface area contributed by atoms with E-state index < -0.39 is 0 Å². The second-order valence-electron chi connectivity index (χ2n) is 3.99. The van der Waals surface area contributed by atoms with Crippen molar-refractivity contribution in [1.82, 2.24) is 5.43 Å². The van der Waals surface area contributed by atoms with Crippen LogP contribution in [0.25, 0.3) is 0 Å². The summed E-state index contributed by atoms with van der Waals surface area (Å²) in [5.74, 6) is 0. The van der Waals surface area contributed by atoms with E-state index in [2.05, 4.69) is 15.8 Å². The summed E-state index contributed by atoms with van der Waals surface area (Å²) < 4.78 is 0. The van der Waals surface area contributed by atoms with E-state index in [1.807, 2.05) is 30.3 Å². The Kier molecular flexibility index (Phi) is 5.82. The van der Waals surface area contributed by atoms with Gasteiger partial charge >= 0.3 is 0 Å². The van der Waals surface area contributed by atoms with Crippen molar-refractivity contribution in [2.45, 2.75) is 0 Å². The summed E-state index contributed by atoms with van der Waals surface area (Å²) in [5.41, 5.74) is 4.28. The first-order chi connectivity index (χ1) is 10.1. The molecule has 7 heteroatoms. The second-order valence-corrected chi connectivity index (χ2v) is 5.59. The Balaban J connectivity index is 2.00. The number of para-hydroxylation sites is 1. The maximum absolute atomic E-state index is 6.08. The lowest BCUT2D eigenvalue weighted by atomic mass is 10.2. The fourth-order valence-electron chi connectivity index (χ4n) is 1.53. The molecule has 0 aliphatic rings. The molecule has 0 atom stereocenters. The Bertz CT molecular complexity index is 675. The number of nitrogens with one attached hydrogen (secondary N) is 3. The van der Waals surface area contributed by atoms with E-state index in [9.17, 15) is 0 Å². The number of hydrogen-bond donors (Lipinski definition) is 3. The van der Waals surface area contributed by atoms with Crippen molar-refractivity contribution in [3.63, 3.8) is 0 Å². The number of hydrogen-bond acceptors (Lipinski definition) is 1. The zero-order chi connectivity index (χ0) is 15.2. The van der Waals surface area contributed by atoms with Crippen LogP contribution in [0.5, 0.6) is 0 Å². The molecule has 0 aliphatic heterocycles. The van der Waals surface area contributed by atoms with Crippen LogP contribution in [-0.2, 0) is 0 Å². The molecular formula is C14H11Cl3N3S+. The fraction of sp³-hybridized carbons (Fsp3) is 0. The molecule has 0 spiro atoms. The van der Waals surface area contributed by atoms with Crippen molar-refractivity contribution in [2.24, 2.45) is 0 Å². The predicted molar refractivity (Wildman–Crippen MR) is 93.4 cm³/mol. The molecule has 0 saturated heterocycles. The van der Waals surface area contributed by atoms with E-state index in [-0.39, 0.29) is 0 Å². The Morgan fingerprint density at radius 3 is 2.38 bits per heavy atom. The summed E-state index contributed by atoms with van der Waals surface area (Å²) in [6.45, 7) is 0. The summed E-state index contributed by atoms with van der Waals surface area (Å²) in [7, 11) is 0. The summed E-state index contributed by atoms with van der Waals surface area (Å²) in [6, 6.07) is 12.9. The molecule has 0 unspecified atom stereocenters. The van der Waals surface area contributed by atoms with Crippen molar-refractivity contribution in [2.75, 3.05) is 5.32 Å². The monoisotopic (exact) mass is 358 g/mol. The lowest BCUT2D eigenvalue weighted by Gasteiger charge is -2.04. The van der Waals surface area contributed by atoms with Crippen LogP contribution in [0.15, 0.2) is 42.5 Å². The third-order valence-corrected chi connectivity index (χ3v) is 3.87. The van der Waals surface area contributed by atoms with E-state index in [4.69, 9.17) is 47.0 Å². The average Bonchev–Trinajstić information content (AvgIpc) is 2.48. The minimum Gasteiger partial charge on any atom is -0.328 e. The number of hydrazone groups is 1. The van der Waals surface area contributed by atoms with Crippen molar-refractivity contribution < 1.29 is 5.10 Å². The van der Waals surface area contributed by atoms with Crippen LogP contribution in [0.1, 0.15) is 5.56 Å². The van der Waals surface area contributed by atoms with Crippen LogP contribution in [0.2, 0.25) is 15.1 Å². The summed E-state index contributed by atoms with van der Waals surface area (Å²) in [5, 5.41) is 7.54. The molecule has 0 radical (unpaired) electrons. The molecule has 21 heavy (non-hydrogen) atoms. The quantitative estimate of drug-likeness (QED) is 0.341. The molecule has 0 aromatic heterocycles. The first-order valence-corrected chi connectivity index (χ1v) is 7.46. The van der Waals surface area contributed by atoms with E-state index in [0.29, 0.717) is 25.7 Å². The first kappa shape index (κ1) is 16.0. The summed E-state index contributed by atoms with van der Waals surface area (Å²) >= 11 is 23.2. The van der Waals surface area contributed by atoms with Crippen LogP contribution in [0.3, 0.4) is 0 Å². The van der Waals surface area contributed by atoms with Gasteiger partial charge in [0.15, 0.2) is 0 Å². The van der Waals surface area contributed by atoms with Gasteiger partial charge in [-0.3, -0.25) is 0 Å². The van der Waals surface area contributed by atoms with Crippen LogP contribution in [0, 0.1) is 0 Å². The highest BCUT2D eigenvalue weighted by Crippen LogP contribution is 2.29. The molecule has 0 heterocycles. The van der Waals surface area contributed by atoms with Gasteiger partial charge in [0.2, 0.25) is 11.3 Å². The minimum atomic E-state index is 0.375. The van der Waals surface area contributed by atoms with Gasteiger partial charge in [0.1, 0.15) is 0 Å². The Morgan fingerprint density at radius 1 is 1.00 bits per heavy atom. The molecule has 0 amide bonds. The maximum atomic E-state index is 6.08. The molecular weight excluding hydrogens is 349 g/mol. The van der Waals surface area contributed by atoms with Gasteiger partial charge in [0.25, 0.3) is 0 Å². The van der Waals surface area contributed by atoms with Gasteiger partial charge in [0.05, 0.1) is 20.6 Å². The summed E-state index contributed by atoms with van der Waals surface area (Å²) in [6.07, 6.45) is 1.59. The van der Waals surface area contributed by atoms with Crippen LogP contribution >= 0.6 is 47.0 Å². The van der Waals surface area contributed by atoms with Crippen molar-refractivity contribution in [3.05, 3.63) is 63.1 Å². The van der Waals surface area contributed by atoms with Crippen LogP contribution < -0.4 is 15.8 Å². The largest absolute Gasteiger partial charge is 0.328 e. The van der Waals surface area contributed by atoms with Gasteiger partial charge in [-0.05, 0) is 36.5 Å². The lowest BCUT2D eigenvalue weighted by Crippen LogP contribution is -2.82. The van der Waals surface area contributed by atoms with Gasteiger partial charge in [-0.25, -0.2) is 0 Å². The van der Waals surface area contributed by atoms with Gasteiger partial charge in [-0.1, -0.05) is 53.0 Å². The van der Waals surface area contributed by atoms with Crippen molar-refractivity contribution >= 4 is 64.0 Å². The highest BCUT2D eigenvalue weighted by molar-refractivity contribution is 7.80. The molecule has 2 rings (SSSR count). The van der Waals surface area contributed by atoms with Gasteiger partial charge in [-0.2, -0.15) is 0 Å². The van der Waals surface area contributed by atoms with Gasteiger partial charge < -0.3 is 5.32 Å². The number of rotatable bonds is 3. The van der Waals surface area contributed by atoms with Crippen molar-refractivity contribution in [3.8, 4) is 0 Å². The number of halogens is 3. The fourth-order valence-corrected chi connectivity index (χ4v) is 2.35. The topological polar surface area (TPSA) is 38.0 Å². The summed E-state index contributed by atoms with van der Waals surface area (Å²) in [4.78, 5) is 0. The van der Waals surface area contributed by atoms with E-state index in [0.717, 1.165) is 5.69 Å². The predicted octanol–water partition coefficient (Wildman–Crippen LogP) is 3.05. The Labute approximate surface area is 142 Å². The highest BCUT2D eigenvalue weighted by Gasteiger charge is 2.10. The number of anilines is 1. The first-order valence-electron chi connectivity index (χ1n) is 5.92. The molecule has 0 aliphatic carbocycles. The van der Waals surface area contributed by atoms with Gasteiger partial charge in [0, 0.05) is 5.69 Å². The van der Waals surface area contributed by atoms with E-state index in [1.165, 1.54) is 0 Å². The Hall–Kier alpha value is -1.33. The lowest BCUT2D eigenvalue weighted by molar-refractivity contribution is -0.499. The van der Waals surface area contributed by atoms with Crippen molar-refractivity contribution in [1.29, 1.82) is 0 Å². The Morgan fingerprint density at radius 2 is 1.67 bits per heavy atom. The maximum Gasteiger partial charge on any atom is 0.228 e. The standard InChI is InChI=1S/C14H10Cl3N3S/c15-11-6-7-12(16)13(17)10(11)8-18-20-14(21)19-9-4-2-1-3-5-9/h1-8H,(H2,19,20,21)/p+1. The molecule has 2 aromatic carbocycles. The number of hydrazine groups is 1. The zero-order valence-electron chi connectivity index (χ0n) is 10.7. The molecule has 0 saturated carbocycles. The molecule has 3 N–H and O–H groups in total. The van der Waals surface area contributed by atoms with Gasteiger partial charge in [-0.15, -0.1) is 10.5 Å². The minimum absolute atomic E-state index is 0.375. The second kappa shape index (κ2) is 7.61. The molecule has 0 bridgehead atoms. The number of thiocarbonyl (C=S) groups is 1. The molecule has 2 aromatic rings. The van der Waals surface area contributed by atoms with Crippen LogP contribution in [0.4, 0.5) is 5.69 Å². The molecule has 0 fully saturated rings. The van der Waals surface area contributed by atoms with E-state index in [1.54, 1.807) is 18.3 Å². The van der Waals surface area contributed by atoms with E-state index >= 15 is 0 Å².